The number of carbonyl (C=O) groups is 3. The molecule has 1 amide bonds. The molecule has 27 heavy (non-hydrogen) atoms. The molecule has 0 fully saturated rings. The minimum atomic E-state index is -0.616. The van der Waals surface area contributed by atoms with Crippen molar-refractivity contribution in [3.63, 3.8) is 0 Å². The van der Waals surface area contributed by atoms with Gasteiger partial charge in [0, 0.05) is 4.90 Å². The molecule has 7 heteroatoms. The predicted molar refractivity (Wildman–Crippen MR) is 104 cm³/mol. The Morgan fingerprint density at radius 2 is 1.74 bits per heavy atom. The highest BCUT2D eigenvalue weighted by Gasteiger charge is 2.15. The summed E-state index contributed by atoms with van der Waals surface area (Å²) in [7, 11) is 0. The van der Waals surface area contributed by atoms with Crippen molar-refractivity contribution >= 4 is 35.1 Å². The first-order valence-corrected chi connectivity index (χ1v) is 9.40. The molecule has 0 aliphatic heterocycles. The van der Waals surface area contributed by atoms with E-state index < -0.39 is 18.5 Å². The van der Waals surface area contributed by atoms with Gasteiger partial charge in [-0.05, 0) is 38.1 Å². The van der Waals surface area contributed by atoms with Gasteiger partial charge in [-0.25, -0.2) is 4.79 Å². The number of para-hydroxylation sites is 2. The van der Waals surface area contributed by atoms with Crippen LogP contribution in [0.15, 0.2) is 53.4 Å². The Morgan fingerprint density at radius 1 is 1.04 bits per heavy atom. The summed E-state index contributed by atoms with van der Waals surface area (Å²) in [5.41, 5.74) is 0.837. The van der Waals surface area contributed by atoms with E-state index in [1.54, 1.807) is 48.5 Å². The highest BCUT2D eigenvalue weighted by atomic mass is 32.2. The van der Waals surface area contributed by atoms with Crippen LogP contribution >= 0.6 is 11.8 Å². The molecular weight excluding hydrogens is 366 g/mol. The number of rotatable bonds is 9. The molecular formula is C20H21NO5S. The first-order valence-electron chi connectivity index (χ1n) is 8.41. The largest absolute Gasteiger partial charge is 0.492 e. The van der Waals surface area contributed by atoms with Crippen LogP contribution in [0.5, 0.6) is 5.75 Å². The number of anilines is 1. The first-order chi connectivity index (χ1) is 13.0. The minimum absolute atomic E-state index is 0.00973. The van der Waals surface area contributed by atoms with E-state index in [0.29, 0.717) is 28.5 Å². The Kier molecular flexibility index (Phi) is 7.88. The van der Waals surface area contributed by atoms with Gasteiger partial charge in [0.25, 0.3) is 5.91 Å². The van der Waals surface area contributed by atoms with Crippen LogP contribution in [-0.2, 0) is 14.3 Å². The quantitative estimate of drug-likeness (QED) is 0.523. The third-order valence-corrected chi connectivity index (χ3v) is 4.55. The molecule has 0 heterocycles. The molecule has 6 nitrogen and oxygen atoms in total. The molecule has 0 saturated heterocycles. The maximum atomic E-state index is 12.3. The van der Waals surface area contributed by atoms with Gasteiger partial charge < -0.3 is 14.8 Å². The average Bonchev–Trinajstić information content (AvgIpc) is 2.66. The number of ketones is 1. The number of hydrogen-bond donors (Lipinski definition) is 1. The molecule has 2 aromatic carbocycles. The second-order valence-electron chi connectivity index (χ2n) is 5.54. The van der Waals surface area contributed by atoms with Gasteiger partial charge in [-0.3, -0.25) is 9.59 Å². The molecule has 0 unspecified atom stereocenters. The molecule has 0 bridgehead atoms. The van der Waals surface area contributed by atoms with Crippen molar-refractivity contribution in [3.8, 4) is 5.75 Å². The van der Waals surface area contributed by atoms with Crippen molar-refractivity contribution in [2.24, 2.45) is 0 Å². The second-order valence-corrected chi connectivity index (χ2v) is 6.56. The van der Waals surface area contributed by atoms with Crippen LogP contribution in [0.3, 0.4) is 0 Å². The fourth-order valence-electron chi connectivity index (χ4n) is 2.19. The maximum Gasteiger partial charge on any atom is 0.339 e. The summed E-state index contributed by atoms with van der Waals surface area (Å²) >= 11 is 1.26. The van der Waals surface area contributed by atoms with Gasteiger partial charge in [-0.1, -0.05) is 24.3 Å². The van der Waals surface area contributed by atoms with E-state index in [2.05, 4.69) is 5.32 Å². The molecule has 0 aromatic heterocycles. The van der Waals surface area contributed by atoms with Crippen LogP contribution in [0.1, 0.15) is 24.2 Å². The smallest absolute Gasteiger partial charge is 0.339 e. The summed E-state index contributed by atoms with van der Waals surface area (Å²) in [5, 5.41) is 2.67. The zero-order valence-corrected chi connectivity index (χ0v) is 16.0. The number of amides is 1. The zero-order valence-electron chi connectivity index (χ0n) is 15.2. The maximum absolute atomic E-state index is 12.3. The molecule has 0 spiro atoms. The second kappa shape index (κ2) is 10.4. The Labute approximate surface area is 162 Å². The number of carbonyl (C=O) groups excluding carboxylic acids is 3. The molecule has 2 rings (SSSR count). The summed E-state index contributed by atoms with van der Waals surface area (Å²) in [6.45, 7) is 3.38. The third kappa shape index (κ3) is 6.45. The van der Waals surface area contributed by atoms with Gasteiger partial charge in [0.1, 0.15) is 11.5 Å². The number of esters is 1. The van der Waals surface area contributed by atoms with Gasteiger partial charge in [-0.15, -0.1) is 11.8 Å². The van der Waals surface area contributed by atoms with E-state index in [4.69, 9.17) is 9.47 Å². The van der Waals surface area contributed by atoms with Crippen LogP contribution in [0, 0.1) is 0 Å². The Hall–Kier alpha value is -2.80. The molecule has 0 atom stereocenters. The monoisotopic (exact) mass is 387 g/mol. The number of benzene rings is 2. The molecule has 0 radical (unpaired) electrons. The summed E-state index contributed by atoms with van der Waals surface area (Å²) in [4.78, 5) is 36.2. The summed E-state index contributed by atoms with van der Waals surface area (Å²) in [5.74, 6) is -0.264. The van der Waals surface area contributed by atoms with E-state index in [0.717, 1.165) is 0 Å². The van der Waals surface area contributed by atoms with Crippen LogP contribution in [0.2, 0.25) is 0 Å². The molecule has 1 N–H and O–H groups in total. The van der Waals surface area contributed by atoms with Crippen LogP contribution in [0.25, 0.3) is 0 Å². The Balaban J connectivity index is 1.96. The fourth-order valence-corrected chi connectivity index (χ4v) is 3.03. The summed E-state index contributed by atoms with van der Waals surface area (Å²) in [6.07, 6.45) is 0. The number of thioether (sulfide) groups is 1. The number of hydrogen-bond acceptors (Lipinski definition) is 6. The summed E-state index contributed by atoms with van der Waals surface area (Å²) in [6, 6.07) is 13.8. The van der Waals surface area contributed by atoms with Gasteiger partial charge in [0.05, 0.1) is 23.6 Å². The standard InChI is InChI=1S/C20H21NO5S/c1-3-25-17-10-6-5-9-16(17)21-19(23)12-26-20(24)15-8-4-7-11-18(15)27-13-14(2)22/h4-11H,3,12-13H2,1-2H3,(H,21,23). The lowest BCUT2D eigenvalue weighted by atomic mass is 10.2. The van der Waals surface area contributed by atoms with Gasteiger partial charge in [0.15, 0.2) is 6.61 Å². The van der Waals surface area contributed by atoms with E-state index >= 15 is 0 Å². The van der Waals surface area contributed by atoms with Gasteiger partial charge in [-0.2, -0.15) is 0 Å². The average molecular weight is 387 g/mol. The Bertz CT molecular complexity index is 822. The highest BCUT2D eigenvalue weighted by Crippen LogP contribution is 2.24. The zero-order chi connectivity index (χ0) is 19.6. The van der Waals surface area contributed by atoms with E-state index in [1.807, 2.05) is 6.92 Å². The normalized spacial score (nSPS) is 10.1. The number of nitrogens with one attached hydrogen (secondary N) is 1. The van der Waals surface area contributed by atoms with Crippen molar-refractivity contribution < 1.29 is 23.9 Å². The van der Waals surface area contributed by atoms with E-state index in [1.165, 1.54) is 18.7 Å². The predicted octanol–water partition coefficient (Wildman–Crippen LogP) is 3.56. The molecule has 2 aromatic rings. The lowest BCUT2D eigenvalue weighted by Gasteiger charge is -2.12. The van der Waals surface area contributed by atoms with Crippen LogP contribution in [0.4, 0.5) is 5.69 Å². The molecule has 142 valence electrons. The van der Waals surface area contributed by atoms with Crippen molar-refractivity contribution in [1.82, 2.24) is 0 Å². The molecule has 0 saturated carbocycles. The van der Waals surface area contributed by atoms with Crippen LogP contribution < -0.4 is 10.1 Å². The molecule has 0 aliphatic rings. The van der Waals surface area contributed by atoms with Gasteiger partial charge >= 0.3 is 5.97 Å². The summed E-state index contributed by atoms with van der Waals surface area (Å²) < 4.78 is 10.6. The van der Waals surface area contributed by atoms with Crippen molar-refractivity contribution in [3.05, 3.63) is 54.1 Å². The highest BCUT2D eigenvalue weighted by molar-refractivity contribution is 8.00. The topological polar surface area (TPSA) is 81.7 Å². The van der Waals surface area contributed by atoms with Crippen molar-refractivity contribution in [2.45, 2.75) is 18.7 Å². The lowest BCUT2D eigenvalue weighted by Crippen LogP contribution is -2.21. The van der Waals surface area contributed by atoms with Crippen molar-refractivity contribution in [2.75, 3.05) is 24.3 Å². The number of ether oxygens (including phenoxy) is 2. The first kappa shape index (κ1) is 20.5. The third-order valence-electron chi connectivity index (χ3n) is 3.33. The Morgan fingerprint density at radius 3 is 2.48 bits per heavy atom. The minimum Gasteiger partial charge on any atom is -0.492 e. The molecule has 0 aliphatic carbocycles. The number of Topliss-reactive ketones (excluding diaryl/α,β-unsaturated/α-hetero) is 1. The van der Waals surface area contributed by atoms with E-state index in [-0.39, 0.29) is 11.5 Å². The van der Waals surface area contributed by atoms with Crippen LogP contribution in [-0.4, -0.2) is 36.6 Å². The SMILES string of the molecule is CCOc1ccccc1NC(=O)COC(=O)c1ccccc1SCC(C)=O. The lowest BCUT2D eigenvalue weighted by molar-refractivity contribution is -0.119. The van der Waals surface area contributed by atoms with Crippen molar-refractivity contribution in [1.29, 1.82) is 0 Å². The van der Waals surface area contributed by atoms with Gasteiger partial charge in [0.2, 0.25) is 0 Å². The fraction of sp³-hybridized carbons (Fsp3) is 0.250. The van der Waals surface area contributed by atoms with E-state index in [9.17, 15) is 14.4 Å².